The fraction of sp³-hybridized carbons (Fsp3) is 0.750. The van der Waals surface area contributed by atoms with Gasteiger partial charge in [0.1, 0.15) is 18.1 Å². The first-order valence-electron chi connectivity index (χ1n) is 6.44. The second-order valence-electron chi connectivity index (χ2n) is 4.73. The zero-order valence-corrected chi connectivity index (χ0v) is 11.9. The summed E-state index contributed by atoms with van der Waals surface area (Å²) in [6.45, 7) is 4.40. The van der Waals surface area contributed by atoms with Crippen LogP contribution in [0.3, 0.4) is 0 Å². The smallest absolute Gasteiger partial charge is 0.326 e. The van der Waals surface area contributed by atoms with Gasteiger partial charge in [0.25, 0.3) is 0 Å². The minimum atomic E-state index is -1.13. The lowest BCUT2D eigenvalue weighted by molar-refractivity contribution is -0.143. The molecule has 0 aliphatic heterocycles. The number of hydrogen-bond acceptors (Lipinski definition) is 5. The topological polar surface area (TPSA) is 142 Å². The van der Waals surface area contributed by atoms with Crippen molar-refractivity contribution < 1.29 is 24.6 Å². The van der Waals surface area contributed by atoms with Gasteiger partial charge in [-0.2, -0.15) is 0 Å². The van der Waals surface area contributed by atoms with Gasteiger partial charge in [0, 0.05) is 0 Å². The van der Waals surface area contributed by atoms with Crippen LogP contribution in [0.15, 0.2) is 0 Å². The first kappa shape index (κ1) is 18.3. The van der Waals surface area contributed by atoms with Crippen LogP contribution in [0.2, 0.25) is 0 Å². The summed E-state index contributed by atoms with van der Waals surface area (Å²) in [7, 11) is 0. The van der Waals surface area contributed by atoms with Gasteiger partial charge in [0.05, 0.1) is 6.61 Å². The zero-order valence-electron chi connectivity index (χ0n) is 11.9. The Balaban J connectivity index is 4.58. The van der Waals surface area contributed by atoms with Crippen LogP contribution in [0.4, 0.5) is 0 Å². The van der Waals surface area contributed by atoms with Crippen LogP contribution in [-0.4, -0.2) is 52.7 Å². The normalized spacial score (nSPS) is 16.6. The third kappa shape index (κ3) is 5.54. The molecule has 0 saturated heterocycles. The number of carboxylic acid groups (broad SMARTS) is 1. The molecule has 0 bridgehead atoms. The van der Waals surface area contributed by atoms with Gasteiger partial charge in [-0.05, 0) is 12.8 Å². The number of nitrogens with one attached hydrogen (secondary N) is 2. The number of aliphatic hydroxyl groups excluding tert-OH is 1. The molecule has 0 heterocycles. The number of nitrogens with two attached hydrogens (primary N) is 1. The van der Waals surface area contributed by atoms with E-state index in [9.17, 15) is 14.4 Å². The fourth-order valence-electron chi connectivity index (χ4n) is 1.43. The molecule has 20 heavy (non-hydrogen) atoms. The van der Waals surface area contributed by atoms with E-state index in [0.29, 0.717) is 6.42 Å². The first-order chi connectivity index (χ1) is 9.24. The lowest BCUT2D eigenvalue weighted by Crippen LogP contribution is -2.55. The third-order valence-corrected chi connectivity index (χ3v) is 3.06. The van der Waals surface area contributed by atoms with Crippen molar-refractivity contribution >= 4 is 17.8 Å². The largest absolute Gasteiger partial charge is 0.480 e. The predicted octanol–water partition coefficient (Wildman–Crippen LogP) is -1.57. The lowest BCUT2D eigenvalue weighted by Gasteiger charge is -2.23. The lowest BCUT2D eigenvalue weighted by atomic mass is 9.99. The van der Waals surface area contributed by atoms with E-state index < -0.39 is 42.5 Å². The Morgan fingerprint density at radius 2 is 1.70 bits per heavy atom. The Morgan fingerprint density at radius 1 is 1.15 bits per heavy atom. The molecule has 0 rings (SSSR count). The van der Waals surface area contributed by atoms with E-state index in [1.165, 1.54) is 6.92 Å². The van der Waals surface area contributed by atoms with Gasteiger partial charge in [0.2, 0.25) is 11.8 Å². The minimum Gasteiger partial charge on any atom is -0.480 e. The Morgan fingerprint density at radius 3 is 2.10 bits per heavy atom. The molecule has 8 nitrogen and oxygen atoms in total. The van der Waals surface area contributed by atoms with E-state index in [1.807, 2.05) is 6.92 Å². The first-order valence-corrected chi connectivity index (χ1v) is 6.44. The van der Waals surface area contributed by atoms with Gasteiger partial charge in [-0.25, -0.2) is 4.79 Å². The number of amides is 2. The van der Waals surface area contributed by atoms with Crippen molar-refractivity contribution in [3.05, 3.63) is 0 Å². The van der Waals surface area contributed by atoms with Gasteiger partial charge < -0.3 is 26.6 Å². The van der Waals surface area contributed by atoms with E-state index in [0.717, 1.165) is 0 Å². The molecule has 0 spiro atoms. The highest BCUT2D eigenvalue weighted by molar-refractivity contribution is 5.91. The average Bonchev–Trinajstić information content (AvgIpc) is 2.41. The second-order valence-corrected chi connectivity index (χ2v) is 4.73. The summed E-state index contributed by atoms with van der Waals surface area (Å²) in [6, 6.07) is -3.07. The summed E-state index contributed by atoms with van der Waals surface area (Å²) in [6.07, 6.45) is 0.591. The van der Waals surface area contributed by atoms with Crippen molar-refractivity contribution in [2.45, 2.75) is 45.3 Å². The van der Waals surface area contributed by atoms with Crippen LogP contribution in [0, 0.1) is 5.92 Å². The minimum absolute atomic E-state index is 0.237. The molecule has 8 heteroatoms. The van der Waals surface area contributed by atoms with Crippen LogP contribution in [-0.2, 0) is 14.4 Å². The van der Waals surface area contributed by atoms with E-state index in [1.54, 1.807) is 6.92 Å². The number of rotatable bonds is 8. The van der Waals surface area contributed by atoms with Gasteiger partial charge in [-0.15, -0.1) is 0 Å². The summed E-state index contributed by atoms with van der Waals surface area (Å²) in [5, 5.41) is 22.4. The van der Waals surface area contributed by atoms with Crippen molar-refractivity contribution in [1.82, 2.24) is 10.6 Å². The molecule has 0 aliphatic rings. The van der Waals surface area contributed by atoms with Crippen LogP contribution in [0.1, 0.15) is 27.2 Å². The summed E-state index contributed by atoms with van der Waals surface area (Å²) >= 11 is 0. The Hall–Kier alpha value is -1.67. The van der Waals surface area contributed by atoms with Crippen LogP contribution < -0.4 is 16.4 Å². The molecule has 4 unspecified atom stereocenters. The molecule has 6 N–H and O–H groups in total. The zero-order chi connectivity index (χ0) is 15.9. The SMILES string of the molecule is CCC(C)C(NC(=O)C(C)NC(=O)C(N)CO)C(=O)O. The summed E-state index contributed by atoms with van der Waals surface area (Å²) in [5.41, 5.74) is 5.30. The van der Waals surface area contributed by atoms with E-state index in [4.69, 9.17) is 15.9 Å². The molecule has 4 atom stereocenters. The number of hydrogen-bond donors (Lipinski definition) is 5. The highest BCUT2D eigenvalue weighted by Gasteiger charge is 2.28. The molecule has 116 valence electrons. The van der Waals surface area contributed by atoms with Crippen molar-refractivity contribution in [2.24, 2.45) is 11.7 Å². The fourth-order valence-corrected chi connectivity index (χ4v) is 1.43. The maximum atomic E-state index is 11.8. The number of carbonyl (C=O) groups is 3. The molecule has 0 aromatic heterocycles. The maximum Gasteiger partial charge on any atom is 0.326 e. The average molecular weight is 289 g/mol. The molecule has 0 radical (unpaired) electrons. The number of aliphatic hydroxyl groups is 1. The van der Waals surface area contributed by atoms with Gasteiger partial charge in [-0.1, -0.05) is 20.3 Å². The Labute approximate surface area is 117 Å². The summed E-state index contributed by atoms with van der Waals surface area (Å²) in [4.78, 5) is 34.3. The quantitative estimate of drug-likeness (QED) is 0.365. The number of aliphatic carboxylic acids is 1. The molecule has 0 aliphatic carbocycles. The maximum absolute atomic E-state index is 11.8. The van der Waals surface area contributed by atoms with Crippen molar-refractivity contribution in [3.8, 4) is 0 Å². The van der Waals surface area contributed by atoms with Gasteiger partial charge in [0.15, 0.2) is 0 Å². The number of carboxylic acids is 1. The van der Waals surface area contributed by atoms with Gasteiger partial charge >= 0.3 is 5.97 Å². The van der Waals surface area contributed by atoms with E-state index in [2.05, 4.69) is 10.6 Å². The van der Waals surface area contributed by atoms with E-state index >= 15 is 0 Å². The highest BCUT2D eigenvalue weighted by atomic mass is 16.4. The molecule has 0 fully saturated rings. The second kappa shape index (κ2) is 8.49. The van der Waals surface area contributed by atoms with Crippen LogP contribution >= 0.6 is 0 Å². The van der Waals surface area contributed by atoms with Crippen molar-refractivity contribution in [3.63, 3.8) is 0 Å². The Kier molecular flexibility index (Phi) is 7.78. The standard InChI is InChI=1S/C12H23N3O5/c1-4-6(2)9(12(19)20)15-10(17)7(3)14-11(18)8(13)5-16/h6-9,16H,4-5,13H2,1-3H3,(H,14,18)(H,15,17)(H,19,20). The van der Waals surface area contributed by atoms with Crippen LogP contribution in [0.5, 0.6) is 0 Å². The molecule has 2 amide bonds. The van der Waals surface area contributed by atoms with Crippen molar-refractivity contribution in [2.75, 3.05) is 6.61 Å². The monoisotopic (exact) mass is 289 g/mol. The molecule has 0 aromatic rings. The molecule has 0 saturated carbocycles. The predicted molar refractivity (Wildman–Crippen MR) is 71.7 cm³/mol. The Bertz CT molecular complexity index is 361. The third-order valence-electron chi connectivity index (χ3n) is 3.06. The van der Waals surface area contributed by atoms with E-state index in [-0.39, 0.29) is 5.92 Å². The van der Waals surface area contributed by atoms with Crippen molar-refractivity contribution in [1.29, 1.82) is 0 Å². The van der Waals surface area contributed by atoms with Gasteiger partial charge in [-0.3, -0.25) is 9.59 Å². The highest BCUT2D eigenvalue weighted by Crippen LogP contribution is 2.08. The van der Waals surface area contributed by atoms with Crippen LogP contribution in [0.25, 0.3) is 0 Å². The molecule has 0 aromatic carbocycles. The summed E-state index contributed by atoms with van der Waals surface area (Å²) in [5.74, 6) is -2.65. The number of carbonyl (C=O) groups excluding carboxylic acids is 2. The summed E-state index contributed by atoms with van der Waals surface area (Å²) < 4.78 is 0. The molecular formula is C12H23N3O5. The molecular weight excluding hydrogens is 266 g/mol.